The number of hydrogen-bond donors (Lipinski definition) is 2. The second kappa shape index (κ2) is 7.91. The van der Waals surface area contributed by atoms with E-state index in [0.717, 1.165) is 24.1 Å². The lowest BCUT2D eigenvalue weighted by Crippen LogP contribution is -2.25. The van der Waals surface area contributed by atoms with Crippen LogP contribution in [0, 0.1) is 11.6 Å². The molecule has 142 valence electrons. The Labute approximate surface area is 158 Å². The molecule has 2 aromatic rings. The van der Waals surface area contributed by atoms with Crippen LogP contribution in [-0.4, -0.2) is 18.0 Å². The molecular weight excluding hydrogens is 346 g/mol. The zero-order valence-electron chi connectivity index (χ0n) is 15.8. The number of anilines is 1. The molecule has 3 rings (SSSR count). The van der Waals surface area contributed by atoms with Crippen molar-refractivity contribution < 1.29 is 13.6 Å². The lowest BCUT2D eigenvalue weighted by molar-refractivity contribution is -0.117. The molecule has 1 fully saturated rings. The van der Waals surface area contributed by atoms with Gasteiger partial charge in [-0.3, -0.25) is 4.79 Å². The molecule has 1 aliphatic rings. The van der Waals surface area contributed by atoms with Crippen molar-refractivity contribution in [3.05, 3.63) is 59.2 Å². The topological polar surface area (TPSA) is 41.1 Å². The summed E-state index contributed by atoms with van der Waals surface area (Å²) in [5.74, 6) is -1.66. The second-order valence-corrected chi connectivity index (χ2v) is 7.31. The maximum Gasteiger partial charge on any atom is 0.247 e. The van der Waals surface area contributed by atoms with E-state index in [-0.39, 0.29) is 23.1 Å². The van der Waals surface area contributed by atoms with Crippen LogP contribution in [0.1, 0.15) is 39.2 Å². The smallest absolute Gasteiger partial charge is 0.247 e. The summed E-state index contributed by atoms with van der Waals surface area (Å²) in [7, 11) is 0. The molecule has 0 spiro atoms. The maximum atomic E-state index is 14.5. The first-order chi connectivity index (χ1) is 12.8. The fourth-order valence-corrected chi connectivity index (χ4v) is 2.79. The normalized spacial score (nSPS) is 14.4. The van der Waals surface area contributed by atoms with Crippen molar-refractivity contribution in [1.82, 2.24) is 5.32 Å². The minimum Gasteiger partial charge on any atom is -0.383 e. The van der Waals surface area contributed by atoms with Gasteiger partial charge in [0.25, 0.3) is 0 Å². The van der Waals surface area contributed by atoms with Gasteiger partial charge in [-0.1, -0.05) is 12.1 Å². The summed E-state index contributed by atoms with van der Waals surface area (Å²) < 4.78 is 29.0. The number of halogens is 2. The van der Waals surface area contributed by atoms with Crippen LogP contribution in [0.3, 0.4) is 0 Å². The summed E-state index contributed by atoms with van der Waals surface area (Å²) in [5, 5.41) is 6.08. The summed E-state index contributed by atoms with van der Waals surface area (Å²) in [6, 6.07) is 10.5. The van der Waals surface area contributed by atoms with Crippen LogP contribution in [0.4, 0.5) is 14.5 Å². The Morgan fingerprint density at radius 2 is 1.67 bits per heavy atom. The van der Waals surface area contributed by atoms with Gasteiger partial charge in [-0.2, -0.15) is 0 Å². The van der Waals surface area contributed by atoms with Crippen LogP contribution >= 0.6 is 0 Å². The fraction of sp³-hybridized carbons (Fsp3) is 0.318. The van der Waals surface area contributed by atoms with Crippen molar-refractivity contribution in [1.29, 1.82) is 0 Å². The summed E-state index contributed by atoms with van der Waals surface area (Å²) in [6.07, 6.45) is 3.19. The highest BCUT2D eigenvalue weighted by Crippen LogP contribution is 2.27. The SMILES string of the molecule is CC(=Cc1c(F)cc(-c2ccc(NC(C)C)cc2)cc1F)C(=O)NC1CC1. The highest BCUT2D eigenvalue weighted by molar-refractivity contribution is 5.97. The molecule has 0 radical (unpaired) electrons. The predicted molar refractivity (Wildman–Crippen MR) is 105 cm³/mol. The molecule has 0 unspecified atom stereocenters. The van der Waals surface area contributed by atoms with E-state index in [4.69, 9.17) is 0 Å². The molecule has 0 aliphatic heterocycles. The van der Waals surface area contributed by atoms with E-state index in [1.165, 1.54) is 18.2 Å². The van der Waals surface area contributed by atoms with Gasteiger partial charge in [0, 0.05) is 28.9 Å². The van der Waals surface area contributed by atoms with Gasteiger partial charge in [0.1, 0.15) is 11.6 Å². The molecule has 1 saturated carbocycles. The van der Waals surface area contributed by atoms with Gasteiger partial charge >= 0.3 is 0 Å². The van der Waals surface area contributed by atoms with Gasteiger partial charge in [0.15, 0.2) is 0 Å². The Morgan fingerprint density at radius 3 is 2.19 bits per heavy atom. The monoisotopic (exact) mass is 370 g/mol. The lowest BCUT2D eigenvalue weighted by Gasteiger charge is -2.11. The molecule has 1 aliphatic carbocycles. The van der Waals surface area contributed by atoms with Crippen LogP contribution in [0.25, 0.3) is 17.2 Å². The Bertz CT molecular complexity index is 845. The average Bonchev–Trinajstić information content (AvgIpc) is 3.41. The van der Waals surface area contributed by atoms with Gasteiger partial charge in [-0.15, -0.1) is 0 Å². The van der Waals surface area contributed by atoms with Crippen molar-refractivity contribution in [2.24, 2.45) is 0 Å². The van der Waals surface area contributed by atoms with Crippen molar-refractivity contribution in [3.63, 3.8) is 0 Å². The first-order valence-electron chi connectivity index (χ1n) is 9.18. The summed E-state index contributed by atoms with van der Waals surface area (Å²) in [6.45, 7) is 5.64. The fourth-order valence-electron chi connectivity index (χ4n) is 2.79. The van der Waals surface area contributed by atoms with E-state index >= 15 is 0 Å². The van der Waals surface area contributed by atoms with Crippen LogP contribution in [0.15, 0.2) is 42.0 Å². The van der Waals surface area contributed by atoms with Crippen molar-refractivity contribution in [3.8, 4) is 11.1 Å². The van der Waals surface area contributed by atoms with E-state index in [2.05, 4.69) is 10.6 Å². The first kappa shape index (κ1) is 19.1. The number of benzene rings is 2. The Hall–Kier alpha value is -2.69. The van der Waals surface area contributed by atoms with Gasteiger partial charge in [0.05, 0.1) is 0 Å². The average molecular weight is 370 g/mol. The molecule has 5 heteroatoms. The molecule has 3 nitrogen and oxygen atoms in total. The number of hydrogen-bond acceptors (Lipinski definition) is 2. The Morgan fingerprint density at radius 1 is 1.07 bits per heavy atom. The third-order valence-electron chi connectivity index (χ3n) is 4.38. The zero-order chi connectivity index (χ0) is 19.6. The number of carbonyl (C=O) groups excluding carboxylic acids is 1. The van der Waals surface area contributed by atoms with Crippen molar-refractivity contribution in [2.75, 3.05) is 5.32 Å². The summed E-state index contributed by atoms with van der Waals surface area (Å²) in [5.41, 5.74) is 2.22. The minimum atomic E-state index is -0.687. The van der Waals surface area contributed by atoms with Crippen LogP contribution in [0.2, 0.25) is 0 Å². The van der Waals surface area contributed by atoms with Gasteiger partial charge in [0.2, 0.25) is 5.91 Å². The number of amides is 1. The van der Waals surface area contributed by atoms with Crippen LogP contribution in [-0.2, 0) is 4.79 Å². The summed E-state index contributed by atoms with van der Waals surface area (Å²) in [4.78, 5) is 12.0. The van der Waals surface area contributed by atoms with Gasteiger partial charge in [-0.05, 0) is 75.1 Å². The minimum absolute atomic E-state index is 0.194. The molecule has 27 heavy (non-hydrogen) atoms. The van der Waals surface area contributed by atoms with E-state index < -0.39 is 11.6 Å². The number of rotatable bonds is 6. The summed E-state index contributed by atoms with van der Waals surface area (Å²) >= 11 is 0. The third kappa shape index (κ3) is 4.94. The Balaban J connectivity index is 1.82. The molecule has 0 saturated heterocycles. The molecular formula is C22H24F2N2O. The molecule has 2 N–H and O–H groups in total. The number of nitrogens with one attached hydrogen (secondary N) is 2. The van der Waals surface area contributed by atoms with E-state index in [1.54, 1.807) is 6.92 Å². The molecule has 0 atom stereocenters. The van der Waals surface area contributed by atoms with Crippen LogP contribution < -0.4 is 10.6 Å². The van der Waals surface area contributed by atoms with Gasteiger partial charge in [-0.25, -0.2) is 8.78 Å². The highest BCUT2D eigenvalue weighted by atomic mass is 19.1. The Kier molecular flexibility index (Phi) is 5.59. The maximum absolute atomic E-state index is 14.5. The van der Waals surface area contributed by atoms with Crippen molar-refractivity contribution >= 4 is 17.7 Å². The quantitative estimate of drug-likeness (QED) is 0.692. The predicted octanol–water partition coefficient (Wildman–Crippen LogP) is 5.13. The molecule has 0 aromatic heterocycles. The van der Waals surface area contributed by atoms with E-state index in [9.17, 15) is 13.6 Å². The number of carbonyl (C=O) groups is 1. The van der Waals surface area contributed by atoms with E-state index in [0.29, 0.717) is 11.6 Å². The molecule has 0 heterocycles. The standard InChI is InChI=1S/C22H24F2N2O/c1-13(2)25-17-6-4-15(5-7-17)16-11-20(23)19(21(24)12-16)10-14(3)22(27)26-18-8-9-18/h4-7,10-13,18,25H,8-9H2,1-3H3,(H,26,27). The van der Waals surface area contributed by atoms with Crippen LogP contribution in [0.5, 0.6) is 0 Å². The molecule has 2 aromatic carbocycles. The third-order valence-corrected chi connectivity index (χ3v) is 4.38. The second-order valence-electron chi connectivity index (χ2n) is 7.31. The highest BCUT2D eigenvalue weighted by Gasteiger charge is 2.24. The van der Waals surface area contributed by atoms with Gasteiger partial charge < -0.3 is 10.6 Å². The van der Waals surface area contributed by atoms with Crippen molar-refractivity contribution in [2.45, 2.75) is 45.7 Å². The molecule has 1 amide bonds. The zero-order valence-corrected chi connectivity index (χ0v) is 15.8. The molecule has 0 bridgehead atoms. The first-order valence-corrected chi connectivity index (χ1v) is 9.18. The largest absolute Gasteiger partial charge is 0.383 e. The lowest BCUT2D eigenvalue weighted by atomic mass is 10.0. The van der Waals surface area contributed by atoms with E-state index in [1.807, 2.05) is 38.1 Å².